The van der Waals surface area contributed by atoms with Gasteiger partial charge in [-0.25, -0.2) is 9.97 Å². The monoisotopic (exact) mass is 507 g/mol. The Morgan fingerprint density at radius 2 is 1.62 bits per heavy atom. The first-order valence-corrected chi connectivity index (χ1v) is 11.1. The van der Waals surface area contributed by atoms with E-state index in [1.807, 2.05) is 30.3 Å². The van der Waals surface area contributed by atoms with Gasteiger partial charge >= 0.3 is 0 Å². The molecule has 32 heavy (non-hydrogen) atoms. The first-order valence-electron chi connectivity index (χ1n) is 9.93. The standard InChI is InChI=1S/C25H19BrClN3O2/c26-20-6-2-4-18(10-20)8-7-17-3-1-5-19(9-17)25(31)30-22-11-21(27)12-23(13-22)32-24-14-28-16-29-15-24/h1-6,9-16H,7-8H2,(H,30,31). The second-order valence-corrected chi connectivity index (χ2v) is 8.49. The number of carbonyl (C=O) groups excluding carboxylic acids is 1. The van der Waals surface area contributed by atoms with Crippen LogP contribution in [0.3, 0.4) is 0 Å². The Balaban J connectivity index is 1.44. The second kappa shape index (κ2) is 10.4. The van der Waals surface area contributed by atoms with Crippen LogP contribution >= 0.6 is 27.5 Å². The fourth-order valence-corrected chi connectivity index (χ4v) is 3.89. The number of aromatic nitrogens is 2. The van der Waals surface area contributed by atoms with Crippen molar-refractivity contribution in [1.82, 2.24) is 9.97 Å². The molecule has 0 spiro atoms. The molecule has 1 aromatic heterocycles. The Labute approximate surface area is 199 Å². The molecule has 4 rings (SSSR count). The van der Waals surface area contributed by atoms with Gasteiger partial charge in [0, 0.05) is 26.8 Å². The van der Waals surface area contributed by atoms with Gasteiger partial charge in [-0.15, -0.1) is 0 Å². The van der Waals surface area contributed by atoms with E-state index in [9.17, 15) is 4.79 Å². The molecule has 4 aromatic rings. The lowest BCUT2D eigenvalue weighted by atomic mass is 10.0. The number of halogens is 2. The highest BCUT2D eigenvalue weighted by Gasteiger charge is 2.10. The Morgan fingerprint density at radius 3 is 2.38 bits per heavy atom. The molecule has 0 saturated carbocycles. The third-order valence-corrected chi connectivity index (χ3v) is 5.39. The summed E-state index contributed by atoms with van der Waals surface area (Å²) in [5.74, 6) is 0.737. The number of amides is 1. The van der Waals surface area contributed by atoms with Crippen molar-refractivity contribution in [3.05, 3.63) is 112 Å². The number of carbonyl (C=O) groups is 1. The van der Waals surface area contributed by atoms with Crippen LogP contribution in [0.25, 0.3) is 0 Å². The molecule has 0 aliphatic carbocycles. The third kappa shape index (κ3) is 6.15. The fourth-order valence-electron chi connectivity index (χ4n) is 3.22. The maximum absolute atomic E-state index is 12.8. The number of anilines is 1. The van der Waals surface area contributed by atoms with Crippen LogP contribution in [0, 0.1) is 0 Å². The molecular formula is C25H19BrClN3O2. The molecule has 0 aliphatic heterocycles. The molecule has 0 unspecified atom stereocenters. The van der Waals surface area contributed by atoms with Gasteiger partial charge in [-0.2, -0.15) is 0 Å². The average Bonchev–Trinajstić information content (AvgIpc) is 2.78. The molecule has 0 radical (unpaired) electrons. The minimum Gasteiger partial charge on any atom is -0.454 e. The van der Waals surface area contributed by atoms with Gasteiger partial charge in [0.05, 0.1) is 12.4 Å². The zero-order valence-corrected chi connectivity index (χ0v) is 19.3. The quantitative estimate of drug-likeness (QED) is 0.301. The van der Waals surface area contributed by atoms with E-state index in [1.165, 1.54) is 11.9 Å². The van der Waals surface area contributed by atoms with Gasteiger partial charge in [-0.3, -0.25) is 4.79 Å². The summed E-state index contributed by atoms with van der Waals surface area (Å²) in [6.07, 6.45) is 6.25. The molecule has 1 heterocycles. The number of hydrogen-bond acceptors (Lipinski definition) is 4. The maximum atomic E-state index is 12.8. The minimum absolute atomic E-state index is 0.217. The predicted molar refractivity (Wildman–Crippen MR) is 130 cm³/mol. The average molecular weight is 509 g/mol. The van der Waals surface area contributed by atoms with Crippen molar-refractivity contribution < 1.29 is 9.53 Å². The van der Waals surface area contributed by atoms with Crippen molar-refractivity contribution in [2.45, 2.75) is 12.8 Å². The van der Waals surface area contributed by atoms with Gasteiger partial charge in [0.25, 0.3) is 5.91 Å². The smallest absolute Gasteiger partial charge is 0.255 e. The second-order valence-electron chi connectivity index (χ2n) is 7.14. The molecule has 0 aliphatic rings. The van der Waals surface area contributed by atoms with Crippen LogP contribution in [-0.4, -0.2) is 15.9 Å². The molecule has 160 valence electrons. The molecule has 0 atom stereocenters. The summed E-state index contributed by atoms with van der Waals surface area (Å²) >= 11 is 9.72. The Hall–Kier alpha value is -3.22. The van der Waals surface area contributed by atoms with Gasteiger partial charge < -0.3 is 10.1 Å². The highest BCUT2D eigenvalue weighted by molar-refractivity contribution is 9.10. The largest absolute Gasteiger partial charge is 0.454 e. The van der Waals surface area contributed by atoms with E-state index >= 15 is 0 Å². The lowest BCUT2D eigenvalue weighted by Gasteiger charge is -2.10. The summed E-state index contributed by atoms with van der Waals surface area (Å²) in [4.78, 5) is 20.7. The fraction of sp³-hybridized carbons (Fsp3) is 0.0800. The number of hydrogen-bond donors (Lipinski definition) is 1. The molecule has 0 bridgehead atoms. The Morgan fingerprint density at radius 1 is 0.906 bits per heavy atom. The molecule has 0 fully saturated rings. The van der Waals surface area contributed by atoms with Crippen molar-refractivity contribution in [3.63, 3.8) is 0 Å². The number of nitrogens with one attached hydrogen (secondary N) is 1. The lowest BCUT2D eigenvalue weighted by molar-refractivity contribution is 0.102. The van der Waals surface area contributed by atoms with Crippen LogP contribution in [0.4, 0.5) is 5.69 Å². The summed E-state index contributed by atoms with van der Waals surface area (Å²) in [5.41, 5.74) is 3.45. The molecule has 3 aromatic carbocycles. The summed E-state index contributed by atoms with van der Waals surface area (Å²) in [6, 6.07) is 20.9. The van der Waals surface area contributed by atoms with Crippen molar-refractivity contribution in [1.29, 1.82) is 0 Å². The molecule has 7 heteroatoms. The summed E-state index contributed by atoms with van der Waals surface area (Å²) < 4.78 is 6.79. The van der Waals surface area contributed by atoms with Crippen LogP contribution < -0.4 is 10.1 Å². The van der Waals surface area contributed by atoms with Crippen LogP contribution in [0.1, 0.15) is 21.5 Å². The lowest BCUT2D eigenvalue weighted by Crippen LogP contribution is -2.12. The van der Waals surface area contributed by atoms with Gasteiger partial charge in [0.15, 0.2) is 5.75 Å². The number of ether oxygens (including phenoxy) is 1. The van der Waals surface area contributed by atoms with Crippen molar-refractivity contribution in [2.75, 3.05) is 5.32 Å². The van der Waals surface area contributed by atoms with E-state index in [-0.39, 0.29) is 5.91 Å². The van der Waals surface area contributed by atoms with E-state index in [0.717, 1.165) is 22.9 Å². The zero-order chi connectivity index (χ0) is 22.3. The number of benzene rings is 3. The van der Waals surface area contributed by atoms with Crippen molar-refractivity contribution >= 4 is 39.1 Å². The number of rotatable bonds is 7. The summed E-state index contributed by atoms with van der Waals surface area (Å²) in [6.45, 7) is 0. The third-order valence-electron chi connectivity index (χ3n) is 4.68. The predicted octanol–water partition coefficient (Wildman–Crippen LogP) is 6.72. The Kier molecular flexibility index (Phi) is 7.14. The van der Waals surface area contributed by atoms with Crippen molar-refractivity contribution in [3.8, 4) is 11.5 Å². The minimum atomic E-state index is -0.217. The van der Waals surface area contributed by atoms with Crippen LogP contribution in [0.2, 0.25) is 5.02 Å². The Bertz CT molecular complexity index is 1230. The highest BCUT2D eigenvalue weighted by Crippen LogP contribution is 2.28. The van der Waals surface area contributed by atoms with Crippen LogP contribution in [0.5, 0.6) is 11.5 Å². The topological polar surface area (TPSA) is 64.1 Å². The van der Waals surface area contributed by atoms with E-state index in [4.69, 9.17) is 16.3 Å². The van der Waals surface area contributed by atoms with Crippen LogP contribution in [0.15, 0.2) is 89.9 Å². The van der Waals surface area contributed by atoms with Crippen molar-refractivity contribution in [2.24, 2.45) is 0 Å². The van der Waals surface area contributed by atoms with Gasteiger partial charge in [-0.05, 0) is 60.4 Å². The van der Waals surface area contributed by atoms with Gasteiger partial charge in [0.2, 0.25) is 0 Å². The van der Waals surface area contributed by atoms with E-state index in [2.05, 4.69) is 43.3 Å². The van der Waals surface area contributed by atoms with E-state index < -0.39 is 0 Å². The summed E-state index contributed by atoms with van der Waals surface area (Å²) in [7, 11) is 0. The van der Waals surface area contributed by atoms with Crippen LogP contribution in [-0.2, 0) is 12.8 Å². The molecule has 5 nitrogen and oxygen atoms in total. The molecule has 0 saturated heterocycles. The van der Waals surface area contributed by atoms with Gasteiger partial charge in [-0.1, -0.05) is 51.8 Å². The number of aryl methyl sites for hydroxylation is 2. The number of nitrogens with zero attached hydrogens (tertiary/aromatic N) is 2. The SMILES string of the molecule is O=C(Nc1cc(Cl)cc(Oc2cncnc2)c1)c1cccc(CCc2cccc(Br)c2)c1. The first kappa shape index (κ1) is 22.0. The zero-order valence-electron chi connectivity index (χ0n) is 17.0. The molecule has 1 N–H and O–H groups in total. The normalized spacial score (nSPS) is 10.6. The molecule has 1 amide bonds. The summed E-state index contributed by atoms with van der Waals surface area (Å²) in [5, 5.41) is 3.33. The highest BCUT2D eigenvalue weighted by atomic mass is 79.9. The maximum Gasteiger partial charge on any atom is 0.255 e. The first-order chi connectivity index (χ1) is 15.5. The molecular weight excluding hydrogens is 490 g/mol. The van der Waals surface area contributed by atoms with E-state index in [1.54, 1.807) is 36.7 Å². The van der Waals surface area contributed by atoms with Gasteiger partial charge in [0.1, 0.15) is 12.1 Å². The van der Waals surface area contributed by atoms with E-state index in [0.29, 0.717) is 27.8 Å².